The molecule has 0 aliphatic carbocycles. The Labute approximate surface area is 167 Å². The van der Waals surface area contributed by atoms with E-state index in [9.17, 15) is 4.79 Å². The fraction of sp³-hybridized carbons (Fsp3) is 0.333. The number of quaternary nitrogens is 1. The number of aromatic nitrogens is 1. The molecule has 7 heteroatoms. The molecule has 3 N–H and O–H groups in total. The molecular weight excluding hydrogens is 372 g/mol. The molecule has 28 heavy (non-hydrogen) atoms. The largest absolute Gasteiger partial charge is 0.431 e. The quantitative estimate of drug-likeness (QED) is 0.737. The maximum absolute atomic E-state index is 11.7. The molecular formula is C21H23N4O2S+. The van der Waals surface area contributed by atoms with Crippen LogP contribution in [0.1, 0.15) is 12.0 Å². The number of hydrogen-bond donors (Lipinski definition) is 1. The summed E-state index contributed by atoms with van der Waals surface area (Å²) in [5, 5.41) is 0.666. The maximum Gasteiger partial charge on any atom is 0.414 e. The fourth-order valence-corrected chi connectivity index (χ4v) is 5.24. The zero-order chi connectivity index (χ0) is 19.1. The smallest absolute Gasteiger partial charge is 0.414 e. The van der Waals surface area contributed by atoms with Crippen molar-refractivity contribution in [1.29, 1.82) is 0 Å². The maximum atomic E-state index is 11.7. The summed E-state index contributed by atoms with van der Waals surface area (Å²) < 4.78 is 7.06. The Bertz CT molecular complexity index is 970. The second kappa shape index (κ2) is 7.16. The van der Waals surface area contributed by atoms with Crippen molar-refractivity contribution >= 4 is 27.6 Å². The van der Waals surface area contributed by atoms with Crippen molar-refractivity contribution in [3.63, 3.8) is 0 Å². The number of amides is 2. The van der Waals surface area contributed by atoms with Gasteiger partial charge in [-0.3, -0.25) is 15.5 Å². The van der Waals surface area contributed by atoms with Crippen LogP contribution in [0.25, 0.3) is 10.2 Å². The number of carbonyl (C=O) groups excluding carboxylic acids is 1. The van der Waals surface area contributed by atoms with Crippen LogP contribution in [0.15, 0.2) is 48.5 Å². The van der Waals surface area contributed by atoms with Crippen LogP contribution in [0.3, 0.4) is 0 Å². The Morgan fingerprint density at radius 1 is 1.18 bits per heavy atom. The van der Waals surface area contributed by atoms with Crippen molar-refractivity contribution in [2.75, 3.05) is 19.6 Å². The topological polar surface area (TPSA) is 73.3 Å². The summed E-state index contributed by atoms with van der Waals surface area (Å²) in [5.41, 5.74) is 5.82. The third-order valence-corrected chi connectivity index (χ3v) is 6.67. The molecule has 0 radical (unpaired) electrons. The molecule has 1 aromatic heterocycles. The predicted molar refractivity (Wildman–Crippen MR) is 108 cm³/mol. The minimum atomic E-state index is -0.0364. The van der Waals surface area contributed by atoms with Crippen LogP contribution in [0.4, 0.5) is 4.79 Å². The van der Waals surface area contributed by atoms with Gasteiger partial charge in [0, 0.05) is 26.2 Å². The molecule has 2 aliphatic heterocycles. The lowest BCUT2D eigenvalue weighted by atomic mass is 10.1. The van der Waals surface area contributed by atoms with Crippen LogP contribution in [-0.2, 0) is 6.54 Å². The number of thiazole rings is 1. The summed E-state index contributed by atoms with van der Waals surface area (Å²) in [6, 6.07) is 16.6. The number of rotatable bonds is 4. The van der Waals surface area contributed by atoms with E-state index in [1.165, 1.54) is 5.56 Å². The number of fused-ring (bicyclic) bond motifs is 2. The highest BCUT2D eigenvalue weighted by molar-refractivity contribution is 7.20. The molecule has 144 valence electrons. The third kappa shape index (κ3) is 3.37. The number of para-hydroxylation sites is 1. The average molecular weight is 396 g/mol. The van der Waals surface area contributed by atoms with E-state index in [2.05, 4.69) is 33.8 Å². The van der Waals surface area contributed by atoms with Crippen molar-refractivity contribution in [2.45, 2.75) is 19.0 Å². The Morgan fingerprint density at radius 2 is 2.00 bits per heavy atom. The molecule has 2 amide bonds. The van der Waals surface area contributed by atoms with E-state index in [1.54, 1.807) is 11.3 Å². The van der Waals surface area contributed by atoms with Gasteiger partial charge in [0.25, 0.3) is 5.19 Å². The van der Waals surface area contributed by atoms with E-state index in [-0.39, 0.29) is 6.03 Å². The highest BCUT2D eigenvalue weighted by atomic mass is 32.1. The first kappa shape index (κ1) is 17.6. The molecule has 3 aromatic rings. The van der Waals surface area contributed by atoms with E-state index >= 15 is 0 Å². The van der Waals surface area contributed by atoms with Gasteiger partial charge in [-0.2, -0.15) is 0 Å². The SMILES string of the molecule is [NH3+]C(=O)N1CCC2CN(Cc3ccc(Oc4nc5ccccc5s4)cc3)CC21. The highest BCUT2D eigenvalue weighted by Gasteiger charge is 2.43. The van der Waals surface area contributed by atoms with Gasteiger partial charge in [0.05, 0.1) is 16.3 Å². The lowest BCUT2D eigenvalue weighted by molar-refractivity contribution is -0.266. The highest BCUT2D eigenvalue weighted by Crippen LogP contribution is 2.33. The number of carbonyl (C=O) groups is 1. The number of urea groups is 1. The van der Waals surface area contributed by atoms with Gasteiger partial charge in [-0.1, -0.05) is 35.6 Å². The molecule has 0 bridgehead atoms. The van der Waals surface area contributed by atoms with Crippen LogP contribution in [0, 0.1) is 5.92 Å². The van der Waals surface area contributed by atoms with Gasteiger partial charge in [0.1, 0.15) is 5.75 Å². The van der Waals surface area contributed by atoms with Crippen LogP contribution >= 0.6 is 11.3 Å². The van der Waals surface area contributed by atoms with Crippen molar-refractivity contribution in [2.24, 2.45) is 5.92 Å². The first-order chi connectivity index (χ1) is 13.7. The third-order valence-electron chi connectivity index (χ3n) is 5.75. The summed E-state index contributed by atoms with van der Waals surface area (Å²) in [7, 11) is 0. The van der Waals surface area contributed by atoms with E-state index in [4.69, 9.17) is 4.74 Å². The van der Waals surface area contributed by atoms with Crippen LogP contribution in [0.2, 0.25) is 0 Å². The number of hydrogen-bond acceptors (Lipinski definition) is 5. The Kier molecular flexibility index (Phi) is 4.50. The van der Waals surface area contributed by atoms with Crippen molar-refractivity contribution in [3.8, 4) is 10.9 Å². The van der Waals surface area contributed by atoms with Gasteiger partial charge in [0.2, 0.25) is 0 Å². The minimum Gasteiger partial charge on any atom is -0.431 e. The molecule has 2 aromatic carbocycles. The summed E-state index contributed by atoms with van der Waals surface area (Å²) in [6.45, 7) is 3.76. The second-order valence-electron chi connectivity index (χ2n) is 7.59. The van der Waals surface area contributed by atoms with Gasteiger partial charge in [-0.05, 0) is 42.2 Å². The number of nitrogens with zero attached hydrogens (tertiary/aromatic N) is 3. The van der Waals surface area contributed by atoms with Crippen molar-refractivity contribution in [3.05, 3.63) is 54.1 Å². The van der Waals surface area contributed by atoms with E-state index in [0.717, 1.165) is 48.6 Å². The Balaban J connectivity index is 1.22. The lowest BCUT2D eigenvalue weighted by Gasteiger charge is -2.21. The molecule has 5 rings (SSSR count). The zero-order valence-electron chi connectivity index (χ0n) is 15.6. The first-order valence-electron chi connectivity index (χ1n) is 9.63. The predicted octanol–water partition coefficient (Wildman–Crippen LogP) is 2.96. The molecule has 2 aliphatic rings. The van der Waals surface area contributed by atoms with Gasteiger partial charge in [-0.15, -0.1) is 0 Å². The van der Waals surface area contributed by atoms with Crippen LogP contribution in [0.5, 0.6) is 10.9 Å². The number of likely N-dealkylation sites (tertiary alicyclic amines) is 2. The number of ether oxygens (including phenoxy) is 1. The van der Waals surface area contributed by atoms with Crippen LogP contribution in [-0.4, -0.2) is 46.5 Å². The Hall–Kier alpha value is -2.48. The molecule has 2 atom stereocenters. The standard InChI is InChI=1S/C21H22N4O2S/c22-20(26)25-10-9-15-12-24(13-18(15)25)11-14-5-7-16(8-6-14)27-21-23-17-3-1-2-4-19(17)28-21/h1-8,15,18H,9-13H2,(H2,22,26)/p+1. The molecule has 6 nitrogen and oxygen atoms in total. The number of benzene rings is 2. The molecule has 2 fully saturated rings. The lowest BCUT2D eigenvalue weighted by Crippen LogP contribution is -2.65. The molecule has 2 unspecified atom stereocenters. The van der Waals surface area contributed by atoms with Crippen LogP contribution < -0.4 is 10.5 Å². The summed E-state index contributed by atoms with van der Waals surface area (Å²) in [4.78, 5) is 20.6. The van der Waals surface area contributed by atoms with Crippen molar-refractivity contribution in [1.82, 2.24) is 14.8 Å². The van der Waals surface area contributed by atoms with Gasteiger partial charge >= 0.3 is 6.03 Å². The molecule has 3 heterocycles. The monoisotopic (exact) mass is 395 g/mol. The first-order valence-corrected chi connectivity index (χ1v) is 10.4. The van der Waals surface area contributed by atoms with Gasteiger partial charge in [-0.25, -0.2) is 9.78 Å². The van der Waals surface area contributed by atoms with E-state index in [1.807, 2.05) is 35.2 Å². The van der Waals surface area contributed by atoms with Gasteiger partial charge < -0.3 is 4.74 Å². The van der Waals surface area contributed by atoms with E-state index in [0.29, 0.717) is 17.2 Å². The van der Waals surface area contributed by atoms with Gasteiger partial charge in [0.15, 0.2) is 0 Å². The fourth-order valence-electron chi connectivity index (χ4n) is 4.40. The second-order valence-corrected chi connectivity index (χ2v) is 8.58. The minimum absolute atomic E-state index is 0.0364. The summed E-state index contributed by atoms with van der Waals surface area (Å²) >= 11 is 1.56. The summed E-state index contributed by atoms with van der Waals surface area (Å²) in [5.74, 6) is 1.39. The zero-order valence-corrected chi connectivity index (χ0v) is 16.4. The average Bonchev–Trinajstić information content (AvgIpc) is 3.36. The molecule has 2 saturated heterocycles. The van der Waals surface area contributed by atoms with E-state index < -0.39 is 0 Å². The Morgan fingerprint density at radius 3 is 2.79 bits per heavy atom. The summed E-state index contributed by atoms with van der Waals surface area (Å²) in [6.07, 6.45) is 1.09. The molecule has 0 saturated carbocycles. The normalized spacial score (nSPS) is 22.0. The van der Waals surface area contributed by atoms with Crippen molar-refractivity contribution < 1.29 is 15.3 Å². The molecule has 0 spiro atoms.